The summed E-state index contributed by atoms with van der Waals surface area (Å²) in [6.07, 6.45) is 0.779. The van der Waals surface area contributed by atoms with Gasteiger partial charge in [-0.25, -0.2) is 0 Å². The highest BCUT2D eigenvalue weighted by molar-refractivity contribution is 5.54. The molecule has 0 saturated carbocycles. The van der Waals surface area contributed by atoms with Crippen molar-refractivity contribution in [2.75, 3.05) is 11.4 Å². The third-order valence-corrected chi connectivity index (χ3v) is 3.61. The molecule has 0 radical (unpaired) electrons. The number of nitrogens with zero attached hydrogens (tertiary/aromatic N) is 3. The smallest absolute Gasteiger partial charge is 0.226 e. The number of nitrogens with one attached hydrogen (secondary N) is 1. The topological polar surface area (TPSA) is 54.2 Å². The molecule has 0 amide bonds. The van der Waals surface area contributed by atoms with Gasteiger partial charge in [-0.1, -0.05) is 30.3 Å². The molecule has 0 fully saturated rings. The zero-order chi connectivity index (χ0) is 13.9. The van der Waals surface area contributed by atoms with Crippen LogP contribution in [-0.2, 0) is 19.5 Å². The third kappa shape index (κ3) is 2.67. The van der Waals surface area contributed by atoms with Crippen LogP contribution in [0.15, 0.2) is 28.8 Å². The van der Waals surface area contributed by atoms with Crippen LogP contribution in [-0.4, -0.2) is 22.7 Å². The van der Waals surface area contributed by atoms with Crippen molar-refractivity contribution in [3.63, 3.8) is 0 Å². The standard InChI is InChI=1S/C15H20N4O/c1-3-15-17-14(18-20-15)10-19-9-11(2)16-8-12-6-4-5-7-13(12)19/h4-7,11,16H,3,8-10H2,1-2H3. The Bertz CT molecular complexity index is 581. The van der Waals surface area contributed by atoms with Crippen LogP contribution in [0.5, 0.6) is 0 Å². The number of aryl methyl sites for hydroxylation is 1. The summed E-state index contributed by atoms with van der Waals surface area (Å²) < 4.78 is 5.20. The van der Waals surface area contributed by atoms with Crippen LogP contribution >= 0.6 is 0 Å². The van der Waals surface area contributed by atoms with Crippen molar-refractivity contribution in [1.29, 1.82) is 0 Å². The summed E-state index contributed by atoms with van der Waals surface area (Å²) in [5, 5.41) is 7.59. The first-order valence-corrected chi connectivity index (χ1v) is 7.14. The van der Waals surface area contributed by atoms with Gasteiger partial charge in [0.25, 0.3) is 0 Å². The molecule has 0 aliphatic carbocycles. The molecule has 1 N–H and O–H groups in total. The molecule has 1 unspecified atom stereocenters. The van der Waals surface area contributed by atoms with E-state index in [0.717, 1.165) is 25.3 Å². The summed E-state index contributed by atoms with van der Waals surface area (Å²) in [5.74, 6) is 1.46. The maximum atomic E-state index is 5.20. The molecule has 2 aromatic rings. The number of anilines is 1. The van der Waals surface area contributed by atoms with Crippen molar-refractivity contribution in [2.24, 2.45) is 0 Å². The Kier molecular flexibility index (Phi) is 3.69. The summed E-state index contributed by atoms with van der Waals surface area (Å²) in [7, 11) is 0. The quantitative estimate of drug-likeness (QED) is 0.927. The minimum Gasteiger partial charge on any atom is -0.362 e. The largest absolute Gasteiger partial charge is 0.362 e. The van der Waals surface area contributed by atoms with Crippen LogP contribution in [0.2, 0.25) is 0 Å². The maximum absolute atomic E-state index is 5.20. The first kappa shape index (κ1) is 13.1. The number of benzene rings is 1. The van der Waals surface area contributed by atoms with Gasteiger partial charge in [0.05, 0.1) is 6.54 Å². The van der Waals surface area contributed by atoms with Crippen molar-refractivity contribution in [3.05, 3.63) is 41.5 Å². The minimum atomic E-state index is 0.431. The van der Waals surface area contributed by atoms with Crippen LogP contribution in [0.25, 0.3) is 0 Å². The second kappa shape index (κ2) is 5.63. The van der Waals surface area contributed by atoms with Crippen molar-refractivity contribution in [1.82, 2.24) is 15.5 Å². The molecule has 1 aliphatic heterocycles. The Morgan fingerprint density at radius 2 is 2.25 bits per heavy atom. The number of aromatic nitrogens is 2. The zero-order valence-electron chi connectivity index (χ0n) is 12.0. The van der Waals surface area contributed by atoms with Gasteiger partial charge in [-0.3, -0.25) is 0 Å². The molecule has 106 valence electrons. The Balaban J connectivity index is 1.86. The van der Waals surface area contributed by atoms with E-state index in [-0.39, 0.29) is 0 Å². The molecule has 0 spiro atoms. The van der Waals surface area contributed by atoms with E-state index in [1.807, 2.05) is 6.92 Å². The van der Waals surface area contributed by atoms with Gasteiger partial charge < -0.3 is 14.7 Å². The number of fused-ring (bicyclic) bond motifs is 1. The van der Waals surface area contributed by atoms with Gasteiger partial charge in [-0.15, -0.1) is 0 Å². The fourth-order valence-electron chi connectivity index (χ4n) is 2.56. The Morgan fingerprint density at radius 1 is 1.40 bits per heavy atom. The summed E-state index contributed by atoms with van der Waals surface area (Å²) in [4.78, 5) is 6.74. The van der Waals surface area contributed by atoms with E-state index in [9.17, 15) is 0 Å². The first-order valence-electron chi connectivity index (χ1n) is 7.14. The van der Waals surface area contributed by atoms with Crippen molar-refractivity contribution in [3.8, 4) is 0 Å². The lowest BCUT2D eigenvalue weighted by molar-refractivity contribution is 0.376. The molecule has 5 heteroatoms. The van der Waals surface area contributed by atoms with E-state index >= 15 is 0 Å². The maximum Gasteiger partial charge on any atom is 0.226 e. The number of hydrogen-bond donors (Lipinski definition) is 1. The Labute approximate surface area is 119 Å². The molecule has 2 heterocycles. The van der Waals surface area contributed by atoms with E-state index in [0.29, 0.717) is 18.5 Å². The van der Waals surface area contributed by atoms with Crippen LogP contribution in [0.1, 0.15) is 31.1 Å². The summed E-state index contributed by atoms with van der Waals surface area (Å²) in [6, 6.07) is 8.92. The van der Waals surface area contributed by atoms with Gasteiger partial charge in [0.1, 0.15) is 0 Å². The average molecular weight is 272 g/mol. The highest BCUT2D eigenvalue weighted by atomic mass is 16.5. The molecule has 5 nitrogen and oxygen atoms in total. The van der Waals surface area contributed by atoms with E-state index < -0.39 is 0 Å². The first-order chi connectivity index (χ1) is 9.76. The molecule has 1 aromatic carbocycles. The van der Waals surface area contributed by atoms with E-state index in [2.05, 4.69) is 51.5 Å². The lowest BCUT2D eigenvalue weighted by atomic mass is 10.1. The Hall–Kier alpha value is -1.88. The van der Waals surface area contributed by atoms with Crippen LogP contribution in [0.4, 0.5) is 5.69 Å². The predicted octanol–water partition coefficient (Wildman–Crippen LogP) is 2.13. The SMILES string of the molecule is CCc1nc(CN2CC(C)NCc3ccccc32)no1. The second-order valence-electron chi connectivity index (χ2n) is 5.25. The number of para-hydroxylation sites is 1. The normalized spacial score (nSPS) is 18.7. The molecule has 1 aliphatic rings. The highest BCUT2D eigenvalue weighted by Crippen LogP contribution is 2.24. The van der Waals surface area contributed by atoms with Gasteiger partial charge in [-0.05, 0) is 18.6 Å². The molecule has 1 atom stereocenters. The van der Waals surface area contributed by atoms with Crippen molar-refractivity contribution >= 4 is 5.69 Å². The van der Waals surface area contributed by atoms with E-state index in [1.54, 1.807) is 0 Å². The molecular formula is C15H20N4O. The summed E-state index contributed by atoms with van der Waals surface area (Å²) in [6.45, 7) is 6.75. The predicted molar refractivity (Wildman–Crippen MR) is 77.5 cm³/mol. The van der Waals surface area contributed by atoms with Gasteiger partial charge in [0.15, 0.2) is 5.82 Å². The summed E-state index contributed by atoms with van der Waals surface area (Å²) in [5.41, 5.74) is 2.57. The summed E-state index contributed by atoms with van der Waals surface area (Å²) >= 11 is 0. The van der Waals surface area contributed by atoms with Gasteiger partial charge in [-0.2, -0.15) is 4.98 Å². The van der Waals surface area contributed by atoms with E-state index in [1.165, 1.54) is 11.3 Å². The van der Waals surface area contributed by atoms with Gasteiger partial charge >= 0.3 is 0 Å². The van der Waals surface area contributed by atoms with Gasteiger partial charge in [0, 0.05) is 31.2 Å². The van der Waals surface area contributed by atoms with E-state index in [4.69, 9.17) is 4.52 Å². The highest BCUT2D eigenvalue weighted by Gasteiger charge is 2.20. The molecule has 0 bridgehead atoms. The minimum absolute atomic E-state index is 0.431. The van der Waals surface area contributed by atoms with Crippen LogP contribution in [0, 0.1) is 0 Å². The van der Waals surface area contributed by atoms with Crippen LogP contribution < -0.4 is 10.2 Å². The van der Waals surface area contributed by atoms with Crippen LogP contribution in [0.3, 0.4) is 0 Å². The fourth-order valence-corrected chi connectivity index (χ4v) is 2.56. The Morgan fingerprint density at radius 3 is 3.05 bits per heavy atom. The third-order valence-electron chi connectivity index (χ3n) is 3.61. The molecular weight excluding hydrogens is 252 g/mol. The lowest BCUT2D eigenvalue weighted by Gasteiger charge is -2.24. The monoisotopic (exact) mass is 272 g/mol. The molecule has 1 aromatic heterocycles. The lowest BCUT2D eigenvalue weighted by Crippen LogP contribution is -2.35. The average Bonchev–Trinajstić information content (AvgIpc) is 2.86. The molecule has 3 rings (SSSR count). The number of rotatable bonds is 3. The molecule has 20 heavy (non-hydrogen) atoms. The fraction of sp³-hybridized carbons (Fsp3) is 0.467. The zero-order valence-corrected chi connectivity index (χ0v) is 12.0. The second-order valence-corrected chi connectivity index (χ2v) is 5.25. The van der Waals surface area contributed by atoms with Crippen molar-refractivity contribution < 1.29 is 4.52 Å². The van der Waals surface area contributed by atoms with Crippen molar-refractivity contribution in [2.45, 2.75) is 39.4 Å². The van der Waals surface area contributed by atoms with Gasteiger partial charge in [0.2, 0.25) is 5.89 Å². The number of hydrogen-bond acceptors (Lipinski definition) is 5. The molecule has 0 saturated heterocycles.